The van der Waals surface area contributed by atoms with Crippen molar-refractivity contribution < 1.29 is 4.79 Å². The number of hydrogen-bond donors (Lipinski definition) is 1. The van der Waals surface area contributed by atoms with Crippen LogP contribution in [-0.2, 0) is 24.2 Å². The number of carbonyl (C=O) groups excluding carboxylic acids is 1. The lowest BCUT2D eigenvalue weighted by Gasteiger charge is -2.37. The Morgan fingerprint density at radius 3 is 2.74 bits per heavy atom. The lowest BCUT2D eigenvalue weighted by molar-refractivity contribution is -0.137. The average Bonchev–Trinajstić information content (AvgIpc) is 3.25. The van der Waals surface area contributed by atoms with Gasteiger partial charge in [-0.3, -0.25) is 14.8 Å². The van der Waals surface area contributed by atoms with E-state index in [0.29, 0.717) is 11.3 Å². The lowest BCUT2D eigenvalue weighted by atomic mass is 9.76. The predicted octanol–water partition coefficient (Wildman–Crippen LogP) is 2.05. The maximum atomic E-state index is 13.6. The first-order valence-electron chi connectivity index (χ1n) is 10.8. The highest BCUT2D eigenvalue weighted by Gasteiger charge is 2.48. The molecule has 0 saturated carbocycles. The second-order valence-electron chi connectivity index (χ2n) is 8.98. The molecule has 150 valence electrons. The highest BCUT2D eigenvalue weighted by Crippen LogP contribution is 2.44. The number of aryl methyl sites for hydroxylation is 1. The quantitative estimate of drug-likeness (QED) is 0.878. The molecule has 3 aliphatic rings. The molecule has 4 rings (SSSR count). The SMILES string of the molecule is CCCN1CC2(CCN(C)CC2)C[C@@H]1C(=O)N1CCc2[nH]nc(CC)c2C1. The zero-order valence-electron chi connectivity index (χ0n) is 17.3. The molecule has 1 aromatic rings. The van der Waals surface area contributed by atoms with Crippen LogP contribution in [0.4, 0.5) is 0 Å². The summed E-state index contributed by atoms with van der Waals surface area (Å²) in [6.07, 6.45) is 6.47. The zero-order valence-corrected chi connectivity index (χ0v) is 17.3. The Balaban J connectivity index is 1.50. The van der Waals surface area contributed by atoms with E-state index in [1.54, 1.807) is 0 Å². The number of piperidine rings is 1. The van der Waals surface area contributed by atoms with Gasteiger partial charge in [0.25, 0.3) is 0 Å². The van der Waals surface area contributed by atoms with Gasteiger partial charge in [0, 0.05) is 37.3 Å². The van der Waals surface area contributed by atoms with Crippen LogP contribution < -0.4 is 0 Å². The minimum absolute atomic E-state index is 0.0758. The number of fused-ring (bicyclic) bond motifs is 1. The number of hydrogen-bond acceptors (Lipinski definition) is 4. The van der Waals surface area contributed by atoms with Crippen LogP contribution in [0.25, 0.3) is 0 Å². The van der Waals surface area contributed by atoms with Crippen molar-refractivity contribution in [1.29, 1.82) is 0 Å². The highest BCUT2D eigenvalue weighted by atomic mass is 16.2. The molecule has 6 heteroatoms. The normalized spacial score (nSPS) is 25.9. The summed E-state index contributed by atoms with van der Waals surface area (Å²) >= 11 is 0. The molecule has 2 saturated heterocycles. The van der Waals surface area contributed by atoms with Crippen LogP contribution in [0, 0.1) is 5.41 Å². The smallest absolute Gasteiger partial charge is 0.240 e. The molecule has 4 heterocycles. The Bertz CT molecular complexity index is 663. The van der Waals surface area contributed by atoms with Gasteiger partial charge >= 0.3 is 0 Å². The van der Waals surface area contributed by atoms with E-state index in [4.69, 9.17) is 0 Å². The van der Waals surface area contributed by atoms with Crippen LogP contribution in [0.1, 0.15) is 56.5 Å². The number of amides is 1. The fourth-order valence-electron chi connectivity index (χ4n) is 5.41. The third kappa shape index (κ3) is 3.54. The number of aromatic nitrogens is 2. The van der Waals surface area contributed by atoms with Gasteiger partial charge in [-0.2, -0.15) is 5.10 Å². The summed E-state index contributed by atoms with van der Waals surface area (Å²) in [6.45, 7) is 10.4. The van der Waals surface area contributed by atoms with Crippen LogP contribution in [-0.4, -0.2) is 76.6 Å². The maximum absolute atomic E-state index is 13.6. The summed E-state index contributed by atoms with van der Waals surface area (Å²) in [7, 11) is 2.22. The van der Waals surface area contributed by atoms with Gasteiger partial charge in [-0.25, -0.2) is 0 Å². The van der Waals surface area contributed by atoms with Crippen molar-refractivity contribution in [3.05, 3.63) is 17.0 Å². The molecule has 0 bridgehead atoms. The number of carbonyl (C=O) groups is 1. The Morgan fingerprint density at radius 1 is 1.26 bits per heavy atom. The van der Waals surface area contributed by atoms with E-state index in [1.165, 1.54) is 37.2 Å². The monoisotopic (exact) mass is 373 g/mol. The number of likely N-dealkylation sites (tertiary alicyclic amines) is 2. The first kappa shape index (κ1) is 18.9. The van der Waals surface area contributed by atoms with E-state index < -0.39 is 0 Å². The van der Waals surface area contributed by atoms with Gasteiger partial charge in [0.2, 0.25) is 5.91 Å². The molecule has 1 N–H and O–H groups in total. The number of nitrogens with zero attached hydrogens (tertiary/aromatic N) is 4. The first-order valence-corrected chi connectivity index (χ1v) is 10.8. The third-order valence-electron chi connectivity index (χ3n) is 7.11. The highest BCUT2D eigenvalue weighted by molar-refractivity contribution is 5.82. The molecular formula is C21H35N5O. The van der Waals surface area contributed by atoms with Crippen LogP contribution in [0.2, 0.25) is 0 Å². The van der Waals surface area contributed by atoms with Crippen molar-refractivity contribution in [3.63, 3.8) is 0 Å². The number of rotatable bonds is 4. The number of aromatic amines is 1. The molecule has 0 aliphatic carbocycles. The number of nitrogens with one attached hydrogen (secondary N) is 1. The summed E-state index contributed by atoms with van der Waals surface area (Å²) in [6, 6.07) is 0.0758. The van der Waals surface area contributed by atoms with Crippen molar-refractivity contribution in [2.24, 2.45) is 5.41 Å². The molecule has 0 unspecified atom stereocenters. The predicted molar refractivity (Wildman–Crippen MR) is 107 cm³/mol. The van der Waals surface area contributed by atoms with E-state index in [0.717, 1.165) is 57.6 Å². The molecule has 3 aliphatic heterocycles. The van der Waals surface area contributed by atoms with Crippen molar-refractivity contribution in [1.82, 2.24) is 24.9 Å². The zero-order chi connectivity index (χ0) is 19.0. The first-order chi connectivity index (χ1) is 13.0. The van der Waals surface area contributed by atoms with Crippen molar-refractivity contribution >= 4 is 5.91 Å². The van der Waals surface area contributed by atoms with E-state index in [9.17, 15) is 4.79 Å². The largest absolute Gasteiger partial charge is 0.336 e. The van der Waals surface area contributed by atoms with Gasteiger partial charge in [0.1, 0.15) is 0 Å². The topological polar surface area (TPSA) is 55.5 Å². The summed E-state index contributed by atoms with van der Waals surface area (Å²) < 4.78 is 0. The molecule has 1 spiro atoms. The Kier molecular flexibility index (Phi) is 5.30. The summed E-state index contributed by atoms with van der Waals surface area (Å²) in [4.78, 5) is 20.6. The van der Waals surface area contributed by atoms with Crippen LogP contribution >= 0.6 is 0 Å². The fraction of sp³-hybridized carbons (Fsp3) is 0.810. The minimum atomic E-state index is 0.0758. The standard InChI is InChI=1S/C21H35N5O/c1-4-9-26-15-21(7-11-24(3)12-8-21)13-19(26)20(27)25-10-6-18-16(14-25)17(5-2)22-23-18/h19H,4-15H2,1-3H3,(H,22,23)/t19-/m1/s1. The maximum Gasteiger partial charge on any atom is 0.240 e. The summed E-state index contributed by atoms with van der Waals surface area (Å²) in [5.74, 6) is 0.355. The Labute approximate surface area is 163 Å². The van der Waals surface area contributed by atoms with Gasteiger partial charge in [-0.15, -0.1) is 0 Å². The average molecular weight is 374 g/mol. The molecule has 0 radical (unpaired) electrons. The van der Waals surface area contributed by atoms with E-state index in [-0.39, 0.29) is 6.04 Å². The van der Waals surface area contributed by atoms with Crippen molar-refractivity contribution in [2.45, 2.75) is 65.0 Å². The Morgan fingerprint density at radius 2 is 2.04 bits per heavy atom. The van der Waals surface area contributed by atoms with E-state index >= 15 is 0 Å². The van der Waals surface area contributed by atoms with Crippen molar-refractivity contribution in [3.8, 4) is 0 Å². The molecule has 1 aromatic heterocycles. The summed E-state index contributed by atoms with van der Waals surface area (Å²) in [5, 5.41) is 7.63. The van der Waals surface area contributed by atoms with E-state index in [1.807, 2.05) is 0 Å². The second kappa shape index (κ2) is 7.55. The van der Waals surface area contributed by atoms with Crippen LogP contribution in [0.5, 0.6) is 0 Å². The van der Waals surface area contributed by atoms with E-state index in [2.05, 4.69) is 45.8 Å². The van der Waals surface area contributed by atoms with Crippen molar-refractivity contribution in [2.75, 3.05) is 39.8 Å². The minimum Gasteiger partial charge on any atom is -0.336 e. The second-order valence-corrected chi connectivity index (χ2v) is 8.98. The molecule has 6 nitrogen and oxygen atoms in total. The van der Waals surface area contributed by atoms with Gasteiger partial charge in [0.15, 0.2) is 0 Å². The number of H-pyrrole nitrogens is 1. The fourth-order valence-corrected chi connectivity index (χ4v) is 5.41. The molecule has 27 heavy (non-hydrogen) atoms. The molecule has 1 atom stereocenters. The van der Waals surface area contributed by atoms with Gasteiger partial charge in [0.05, 0.1) is 11.7 Å². The van der Waals surface area contributed by atoms with Gasteiger partial charge in [-0.05, 0) is 64.2 Å². The summed E-state index contributed by atoms with van der Waals surface area (Å²) in [5.41, 5.74) is 3.99. The lowest BCUT2D eigenvalue weighted by Crippen LogP contribution is -2.47. The molecular weight excluding hydrogens is 338 g/mol. The molecule has 1 amide bonds. The van der Waals surface area contributed by atoms with Gasteiger partial charge in [-0.1, -0.05) is 13.8 Å². The third-order valence-corrected chi connectivity index (χ3v) is 7.11. The van der Waals surface area contributed by atoms with Crippen LogP contribution in [0.15, 0.2) is 0 Å². The molecule has 2 fully saturated rings. The van der Waals surface area contributed by atoms with Gasteiger partial charge < -0.3 is 9.80 Å². The molecule has 0 aromatic carbocycles. The Hall–Kier alpha value is -1.40. The van der Waals surface area contributed by atoms with Crippen LogP contribution in [0.3, 0.4) is 0 Å².